The van der Waals surface area contributed by atoms with Gasteiger partial charge in [0.15, 0.2) is 11.5 Å². The second-order valence-electron chi connectivity index (χ2n) is 4.72. The minimum absolute atomic E-state index is 0.0977. The average Bonchev–Trinajstić information content (AvgIpc) is 2.81. The average molecular weight is 391 g/mol. The quantitative estimate of drug-likeness (QED) is 0.350. The summed E-state index contributed by atoms with van der Waals surface area (Å²) < 4.78 is 11.3. The highest BCUT2D eigenvalue weighted by molar-refractivity contribution is 9.10. The monoisotopic (exact) mass is 390 g/mol. The molecule has 1 aromatic carbocycles. The van der Waals surface area contributed by atoms with Gasteiger partial charge in [-0.05, 0) is 39.7 Å². The highest BCUT2D eigenvalue weighted by atomic mass is 79.9. The van der Waals surface area contributed by atoms with Crippen LogP contribution in [0, 0.1) is 12.3 Å². The van der Waals surface area contributed by atoms with Crippen LogP contribution in [-0.2, 0) is 4.79 Å². The first-order chi connectivity index (χ1) is 11.5. The summed E-state index contributed by atoms with van der Waals surface area (Å²) in [5, 5.41) is 2.53. The van der Waals surface area contributed by atoms with E-state index in [0.29, 0.717) is 21.5 Å². The molecule has 1 heterocycles. The Morgan fingerprint density at radius 3 is 2.83 bits per heavy atom. The number of carbonyl (C=O) groups excluding carboxylic acids is 2. The number of urea groups is 1. The van der Waals surface area contributed by atoms with E-state index < -0.39 is 11.9 Å². The zero-order valence-electron chi connectivity index (χ0n) is 13.0. The van der Waals surface area contributed by atoms with Crippen LogP contribution in [-0.4, -0.2) is 37.1 Å². The number of nitrogens with zero attached hydrogens (tertiary/aromatic N) is 1. The maximum absolute atomic E-state index is 12.2. The molecule has 1 aliphatic rings. The molecule has 0 saturated carbocycles. The van der Waals surface area contributed by atoms with Gasteiger partial charge in [-0.2, -0.15) is 0 Å². The fraction of sp³-hybridized carbons (Fsp3) is 0.176. The van der Waals surface area contributed by atoms with Crippen molar-refractivity contribution < 1.29 is 19.1 Å². The second kappa shape index (κ2) is 7.70. The first kappa shape index (κ1) is 17.6. The number of carbonyl (C=O) groups is 2. The van der Waals surface area contributed by atoms with Crippen molar-refractivity contribution in [2.75, 3.05) is 20.3 Å². The first-order valence-electron chi connectivity index (χ1n) is 6.91. The van der Waals surface area contributed by atoms with Crippen molar-refractivity contribution in [2.45, 2.75) is 0 Å². The van der Waals surface area contributed by atoms with Gasteiger partial charge in [0.05, 0.1) is 11.6 Å². The lowest BCUT2D eigenvalue weighted by molar-refractivity contribution is -0.122. The standard InChI is InChI=1S/C17H15BrN2O4/c1-4-6-20-16(21)13(19-17(20)22)9-11-8-12(18)15(24-7-5-2)14(10-11)23-3/h2,4,8-10H,1,6-7H2,3H3,(H,19,22)/b13-9+. The Balaban J connectivity index is 2.35. The van der Waals surface area contributed by atoms with Gasteiger partial charge in [-0.3, -0.25) is 9.69 Å². The fourth-order valence-corrected chi connectivity index (χ4v) is 2.68. The Morgan fingerprint density at radius 1 is 1.46 bits per heavy atom. The molecule has 0 unspecified atom stereocenters. The molecule has 0 aromatic heterocycles. The van der Waals surface area contributed by atoms with Crippen molar-refractivity contribution in [3.63, 3.8) is 0 Å². The zero-order valence-corrected chi connectivity index (χ0v) is 14.6. The van der Waals surface area contributed by atoms with Gasteiger partial charge in [0.25, 0.3) is 5.91 Å². The second-order valence-corrected chi connectivity index (χ2v) is 5.57. The van der Waals surface area contributed by atoms with Gasteiger partial charge in [0, 0.05) is 6.54 Å². The molecule has 1 aliphatic heterocycles. The van der Waals surface area contributed by atoms with Crippen LogP contribution in [0.4, 0.5) is 4.79 Å². The van der Waals surface area contributed by atoms with Gasteiger partial charge in [0.1, 0.15) is 12.3 Å². The minimum Gasteiger partial charge on any atom is -0.493 e. The number of hydrogen-bond acceptors (Lipinski definition) is 4. The fourth-order valence-electron chi connectivity index (χ4n) is 2.11. The normalized spacial score (nSPS) is 15.2. The number of ether oxygens (including phenoxy) is 2. The number of halogens is 1. The molecule has 24 heavy (non-hydrogen) atoms. The number of methoxy groups -OCH3 is 1. The van der Waals surface area contributed by atoms with E-state index in [0.717, 1.165) is 4.90 Å². The van der Waals surface area contributed by atoms with Crippen molar-refractivity contribution in [3.8, 4) is 23.8 Å². The Kier molecular flexibility index (Phi) is 5.66. The Morgan fingerprint density at radius 2 is 2.21 bits per heavy atom. The molecule has 124 valence electrons. The van der Waals surface area contributed by atoms with Crippen LogP contribution in [0.1, 0.15) is 5.56 Å². The summed E-state index contributed by atoms with van der Waals surface area (Å²) in [4.78, 5) is 25.0. The third kappa shape index (κ3) is 3.60. The van der Waals surface area contributed by atoms with E-state index in [1.54, 1.807) is 18.2 Å². The van der Waals surface area contributed by atoms with Crippen LogP contribution in [0.3, 0.4) is 0 Å². The topological polar surface area (TPSA) is 67.9 Å². The highest BCUT2D eigenvalue weighted by Crippen LogP contribution is 2.37. The molecule has 1 saturated heterocycles. The van der Waals surface area contributed by atoms with E-state index in [2.05, 4.69) is 33.7 Å². The van der Waals surface area contributed by atoms with E-state index in [1.165, 1.54) is 13.2 Å². The SMILES string of the molecule is C#CCOc1c(Br)cc(/C=C2/NC(=O)N(CC=C)C2=O)cc1OC. The molecular weight excluding hydrogens is 376 g/mol. The molecular formula is C17H15BrN2O4. The summed E-state index contributed by atoms with van der Waals surface area (Å²) in [7, 11) is 1.50. The van der Waals surface area contributed by atoms with Gasteiger partial charge in [0.2, 0.25) is 0 Å². The van der Waals surface area contributed by atoms with E-state index in [9.17, 15) is 9.59 Å². The van der Waals surface area contributed by atoms with Gasteiger partial charge in [-0.15, -0.1) is 13.0 Å². The van der Waals surface area contributed by atoms with Crippen LogP contribution in [0.25, 0.3) is 6.08 Å². The molecule has 1 aromatic rings. The van der Waals surface area contributed by atoms with Crippen LogP contribution < -0.4 is 14.8 Å². The van der Waals surface area contributed by atoms with Crippen molar-refractivity contribution in [1.82, 2.24) is 10.2 Å². The molecule has 1 N–H and O–H groups in total. The summed E-state index contributed by atoms with van der Waals surface area (Å²) in [6.45, 7) is 3.77. The smallest absolute Gasteiger partial charge is 0.329 e. The first-order valence-corrected chi connectivity index (χ1v) is 7.70. The van der Waals surface area contributed by atoms with Crippen LogP contribution >= 0.6 is 15.9 Å². The van der Waals surface area contributed by atoms with Gasteiger partial charge < -0.3 is 14.8 Å². The number of terminal acetylenes is 1. The maximum Gasteiger partial charge on any atom is 0.329 e. The Bertz CT molecular complexity index is 765. The summed E-state index contributed by atoms with van der Waals surface area (Å²) in [5.74, 6) is 2.88. The lowest BCUT2D eigenvalue weighted by atomic mass is 10.1. The Labute approximate surface area is 148 Å². The number of imide groups is 1. The van der Waals surface area contributed by atoms with Crippen LogP contribution in [0.2, 0.25) is 0 Å². The summed E-state index contributed by atoms with van der Waals surface area (Å²) in [6.07, 6.45) is 8.23. The Hall–Kier alpha value is -2.72. The van der Waals surface area contributed by atoms with Gasteiger partial charge in [-0.1, -0.05) is 12.0 Å². The predicted molar refractivity (Wildman–Crippen MR) is 93.4 cm³/mol. The highest BCUT2D eigenvalue weighted by Gasteiger charge is 2.32. The third-order valence-corrected chi connectivity index (χ3v) is 3.73. The lowest BCUT2D eigenvalue weighted by Crippen LogP contribution is -2.30. The van der Waals surface area contributed by atoms with E-state index in [4.69, 9.17) is 15.9 Å². The molecule has 6 nitrogen and oxygen atoms in total. The lowest BCUT2D eigenvalue weighted by Gasteiger charge is -2.12. The predicted octanol–water partition coefficient (Wildman–Crippen LogP) is 2.55. The summed E-state index contributed by atoms with van der Waals surface area (Å²) >= 11 is 3.38. The summed E-state index contributed by atoms with van der Waals surface area (Å²) in [6, 6.07) is 2.93. The molecule has 0 bridgehead atoms. The molecule has 0 spiro atoms. The van der Waals surface area contributed by atoms with Gasteiger partial charge >= 0.3 is 6.03 Å². The third-order valence-electron chi connectivity index (χ3n) is 3.14. The molecule has 2 rings (SSSR count). The maximum atomic E-state index is 12.2. The molecule has 7 heteroatoms. The van der Waals surface area contributed by atoms with E-state index in [-0.39, 0.29) is 18.8 Å². The zero-order chi connectivity index (χ0) is 17.7. The number of nitrogens with one attached hydrogen (secondary N) is 1. The van der Waals surface area contributed by atoms with E-state index in [1.807, 2.05) is 0 Å². The van der Waals surface area contributed by atoms with Crippen molar-refractivity contribution in [1.29, 1.82) is 0 Å². The molecule has 3 amide bonds. The number of benzene rings is 1. The number of rotatable bonds is 6. The van der Waals surface area contributed by atoms with Crippen LogP contribution in [0.15, 0.2) is 35.0 Å². The number of amides is 3. The number of hydrogen-bond donors (Lipinski definition) is 1. The van der Waals surface area contributed by atoms with E-state index >= 15 is 0 Å². The summed E-state index contributed by atoms with van der Waals surface area (Å²) in [5.41, 5.74) is 0.823. The molecule has 0 aliphatic carbocycles. The van der Waals surface area contributed by atoms with Crippen LogP contribution in [0.5, 0.6) is 11.5 Å². The van der Waals surface area contributed by atoms with Crippen molar-refractivity contribution in [3.05, 3.63) is 40.5 Å². The molecule has 0 radical (unpaired) electrons. The minimum atomic E-state index is -0.480. The largest absolute Gasteiger partial charge is 0.493 e. The van der Waals surface area contributed by atoms with Gasteiger partial charge in [-0.25, -0.2) is 4.79 Å². The molecule has 0 atom stereocenters. The van der Waals surface area contributed by atoms with Crippen molar-refractivity contribution in [2.24, 2.45) is 0 Å². The molecule has 1 fully saturated rings. The van der Waals surface area contributed by atoms with Crippen molar-refractivity contribution >= 4 is 33.9 Å².